The van der Waals surface area contributed by atoms with Gasteiger partial charge in [0.1, 0.15) is 0 Å². The topological polar surface area (TPSA) is 26.3 Å². The van der Waals surface area contributed by atoms with Gasteiger partial charge in [-0.15, -0.1) is 0 Å². The summed E-state index contributed by atoms with van der Waals surface area (Å²) in [7, 11) is 1.45. The number of rotatable bonds is 19. The van der Waals surface area contributed by atoms with E-state index < -0.39 is 0 Å². The fraction of sp³-hybridized carbons (Fsp3) is 0.870. The van der Waals surface area contributed by atoms with Crippen LogP contribution in [0, 0.1) is 0 Å². The van der Waals surface area contributed by atoms with Crippen LogP contribution in [0.15, 0.2) is 12.2 Å². The van der Waals surface area contributed by atoms with Gasteiger partial charge >= 0.3 is 5.97 Å². The highest BCUT2D eigenvalue weighted by atomic mass is 16.5. The van der Waals surface area contributed by atoms with Gasteiger partial charge in [0.2, 0.25) is 0 Å². The minimum Gasteiger partial charge on any atom is -0.469 e. The zero-order chi connectivity index (χ0) is 18.4. The second-order valence-electron chi connectivity index (χ2n) is 7.32. The number of hydrogen-bond acceptors (Lipinski definition) is 2. The van der Waals surface area contributed by atoms with Gasteiger partial charge in [-0.3, -0.25) is 4.79 Å². The highest BCUT2D eigenvalue weighted by molar-refractivity contribution is 5.68. The average molecular weight is 353 g/mol. The summed E-state index contributed by atoms with van der Waals surface area (Å²) in [5, 5.41) is 0. The summed E-state index contributed by atoms with van der Waals surface area (Å²) in [6, 6.07) is 0. The standard InChI is InChI=1S/C23H44O2/c1-3-4-5-6-7-8-9-10-11-12-13-14-15-16-17-18-19-20-21-22-23(24)25-2/h18-19H,3-17,20-22H2,1-2H3/b19-18+. The molecule has 148 valence electrons. The molecule has 0 bridgehead atoms. The van der Waals surface area contributed by atoms with Gasteiger partial charge in [-0.05, 0) is 25.7 Å². The van der Waals surface area contributed by atoms with Crippen LogP contribution in [0.3, 0.4) is 0 Å². The Labute approximate surface area is 157 Å². The summed E-state index contributed by atoms with van der Waals surface area (Å²) < 4.78 is 4.62. The molecular weight excluding hydrogens is 308 g/mol. The third-order valence-corrected chi connectivity index (χ3v) is 4.87. The predicted molar refractivity (Wildman–Crippen MR) is 110 cm³/mol. The maximum atomic E-state index is 10.9. The van der Waals surface area contributed by atoms with E-state index in [1.54, 1.807) is 0 Å². The molecule has 0 aliphatic heterocycles. The monoisotopic (exact) mass is 352 g/mol. The lowest BCUT2D eigenvalue weighted by Gasteiger charge is -2.02. The predicted octanol–water partition coefficient (Wildman–Crippen LogP) is 7.76. The summed E-state index contributed by atoms with van der Waals surface area (Å²) in [4.78, 5) is 10.9. The molecule has 0 radical (unpaired) electrons. The summed E-state index contributed by atoms with van der Waals surface area (Å²) in [6.07, 6.45) is 28.0. The van der Waals surface area contributed by atoms with Crippen LogP contribution in [0.4, 0.5) is 0 Å². The molecule has 0 aliphatic rings. The van der Waals surface area contributed by atoms with Crippen molar-refractivity contribution in [2.45, 2.75) is 122 Å². The Morgan fingerprint density at radius 2 is 1.04 bits per heavy atom. The van der Waals surface area contributed by atoms with Gasteiger partial charge in [0, 0.05) is 6.42 Å². The molecule has 0 amide bonds. The van der Waals surface area contributed by atoms with E-state index >= 15 is 0 Å². The Bertz CT molecular complexity index is 296. The van der Waals surface area contributed by atoms with Crippen molar-refractivity contribution < 1.29 is 9.53 Å². The van der Waals surface area contributed by atoms with Gasteiger partial charge in [0.25, 0.3) is 0 Å². The molecular formula is C23H44O2. The molecule has 2 heteroatoms. The van der Waals surface area contributed by atoms with Crippen LogP contribution in [0.2, 0.25) is 0 Å². The van der Waals surface area contributed by atoms with E-state index in [-0.39, 0.29) is 5.97 Å². The molecule has 0 saturated carbocycles. The highest BCUT2D eigenvalue weighted by Crippen LogP contribution is 2.13. The molecule has 2 nitrogen and oxygen atoms in total. The van der Waals surface area contributed by atoms with Crippen LogP contribution < -0.4 is 0 Å². The van der Waals surface area contributed by atoms with E-state index in [2.05, 4.69) is 23.8 Å². The molecule has 0 heterocycles. The van der Waals surface area contributed by atoms with Gasteiger partial charge in [-0.2, -0.15) is 0 Å². The van der Waals surface area contributed by atoms with E-state index in [0.29, 0.717) is 6.42 Å². The Kier molecular flexibility index (Phi) is 20.6. The van der Waals surface area contributed by atoms with Gasteiger partial charge in [0.15, 0.2) is 0 Å². The summed E-state index contributed by atoms with van der Waals surface area (Å²) in [5.74, 6) is -0.0969. The first-order valence-electron chi connectivity index (χ1n) is 11.0. The number of allylic oxidation sites excluding steroid dienone is 2. The highest BCUT2D eigenvalue weighted by Gasteiger charge is 1.97. The summed E-state index contributed by atoms with van der Waals surface area (Å²) in [5.41, 5.74) is 0. The summed E-state index contributed by atoms with van der Waals surface area (Å²) in [6.45, 7) is 2.28. The van der Waals surface area contributed by atoms with Gasteiger partial charge in [-0.25, -0.2) is 0 Å². The van der Waals surface area contributed by atoms with Crippen molar-refractivity contribution >= 4 is 5.97 Å². The largest absolute Gasteiger partial charge is 0.469 e. The maximum Gasteiger partial charge on any atom is 0.305 e. The second kappa shape index (κ2) is 21.3. The van der Waals surface area contributed by atoms with E-state index in [1.165, 1.54) is 103 Å². The number of hydrogen-bond donors (Lipinski definition) is 0. The molecule has 0 aromatic carbocycles. The van der Waals surface area contributed by atoms with Gasteiger partial charge in [-0.1, -0.05) is 103 Å². The molecule has 0 spiro atoms. The average Bonchev–Trinajstić information content (AvgIpc) is 2.63. The molecule has 0 aromatic rings. The van der Waals surface area contributed by atoms with E-state index in [9.17, 15) is 4.79 Å². The fourth-order valence-corrected chi connectivity index (χ4v) is 3.16. The van der Waals surface area contributed by atoms with Crippen LogP contribution in [0.5, 0.6) is 0 Å². The zero-order valence-electron chi connectivity index (χ0n) is 17.2. The van der Waals surface area contributed by atoms with E-state index in [1.807, 2.05) is 0 Å². The van der Waals surface area contributed by atoms with Crippen molar-refractivity contribution in [2.75, 3.05) is 7.11 Å². The minimum absolute atomic E-state index is 0.0969. The van der Waals surface area contributed by atoms with Crippen molar-refractivity contribution in [3.63, 3.8) is 0 Å². The Morgan fingerprint density at radius 1 is 0.640 bits per heavy atom. The number of carbonyl (C=O) groups excluding carboxylic acids is 1. The van der Waals surface area contributed by atoms with Crippen molar-refractivity contribution in [2.24, 2.45) is 0 Å². The Balaban J connectivity index is 3.08. The normalized spacial score (nSPS) is 11.3. The number of ether oxygens (including phenoxy) is 1. The molecule has 0 aliphatic carbocycles. The third-order valence-electron chi connectivity index (χ3n) is 4.87. The van der Waals surface area contributed by atoms with Crippen LogP contribution >= 0.6 is 0 Å². The first kappa shape index (κ1) is 24.2. The minimum atomic E-state index is -0.0969. The van der Waals surface area contributed by atoms with Gasteiger partial charge < -0.3 is 4.74 Å². The summed E-state index contributed by atoms with van der Waals surface area (Å²) >= 11 is 0. The van der Waals surface area contributed by atoms with Crippen molar-refractivity contribution in [3.05, 3.63) is 12.2 Å². The van der Waals surface area contributed by atoms with Crippen LogP contribution in [0.25, 0.3) is 0 Å². The molecule has 0 unspecified atom stereocenters. The number of unbranched alkanes of at least 4 members (excludes halogenated alkanes) is 15. The van der Waals surface area contributed by atoms with Crippen LogP contribution in [-0.4, -0.2) is 13.1 Å². The lowest BCUT2D eigenvalue weighted by atomic mass is 10.0. The van der Waals surface area contributed by atoms with Crippen molar-refractivity contribution in [1.29, 1.82) is 0 Å². The third kappa shape index (κ3) is 21.2. The molecule has 0 rings (SSSR count). The van der Waals surface area contributed by atoms with Crippen molar-refractivity contribution in [3.8, 4) is 0 Å². The lowest BCUT2D eigenvalue weighted by molar-refractivity contribution is -0.140. The molecule has 0 aromatic heterocycles. The first-order chi connectivity index (χ1) is 12.3. The number of carbonyl (C=O) groups is 1. The molecule has 0 saturated heterocycles. The number of methoxy groups -OCH3 is 1. The fourth-order valence-electron chi connectivity index (χ4n) is 3.16. The van der Waals surface area contributed by atoms with Crippen LogP contribution in [0.1, 0.15) is 122 Å². The Morgan fingerprint density at radius 3 is 1.48 bits per heavy atom. The van der Waals surface area contributed by atoms with Crippen molar-refractivity contribution in [1.82, 2.24) is 0 Å². The maximum absolute atomic E-state index is 10.9. The second-order valence-corrected chi connectivity index (χ2v) is 7.32. The number of esters is 1. The smallest absolute Gasteiger partial charge is 0.305 e. The first-order valence-corrected chi connectivity index (χ1v) is 11.0. The van der Waals surface area contributed by atoms with E-state index in [4.69, 9.17) is 0 Å². The molecule has 0 fully saturated rings. The molecule has 25 heavy (non-hydrogen) atoms. The molecule has 0 N–H and O–H groups in total. The molecule has 0 atom stereocenters. The zero-order valence-corrected chi connectivity index (χ0v) is 17.2. The SMILES string of the molecule is CCCCCCCCCCCCCCCC/C=C/CCCC(=O)OC. The van der Waals surface area contributed by atoms with E-state index in [0.717, 1.165) is 12.8 Å². The van der Waals surface area contributed by atoms with Gasteiger partial charge in [0.05, 0.1) is 7.11 Å². The van der Waals surface area contributed by atoms with Crippen LogP contribution in [-0.2, 0) is 9.53 Å². The Hall–Kier alpha value is -0.790. The lowest BCUT2D eigenvalue weighted by Crippen LogP contribution is -1.98. The quantitative estimate of drug-likeness (QED) is 0.135.